The quantitative estimate of drug-likeness (QED) is 0.626. The molecule has 0 spiro atoms. The third-order valence-electron chi connectivity index (χ3n) is 4.19. The number of halogens is 5. The van der Waals surface area contributed by atoms with E-state index in [9.17, 15) is 31.9 Å². The molecule has 0 aromatic heterocycles. The van der Waals surface area contributed by atoms with E-state index >= 15 is 0 Å². The lowest BCUT2D eigenvalue weighted by Crippen LogP contribution is -2.39. The normalized spacial score (nSPS) is 18.1. The van der Waals surface area contributed by atoms with Crippen molar-refractivity contribution in [3.8, 4) is 5.75 Å². The van der Waals surface area contributed by atoms with Gasteiger partial charge in [0.05, 0.1) is 24.7 Å². The lowest BCUT2D eigenvalue weighted by molar-refractivity contribution is -0.274. The van der Waals surface area contributed by atoms with E-state index in [0.717, 1.165) is 25.0 Å². The number of carbonyl (C=O) groups is 1. The molecule has 2 unspecified atom stereocenters. The summed E-state index contributed by atoms with van der Waals surface area (Å²) >= 11 is 0. The molecule has 1 aromatic carbocycles. The Morgan fingerprint density at radius 3 is 2.56 bits per heavy atom. The van der Waals surface area contributed by atoms with Crippen molar-refractivity contribution in [2.45, 2.75) is 50.8 Å². The fraction of sp³-hybridized carbons (Fsp3) is 0.588. The Balaban J connectivity index is 2.11. The summed E-state index contributed by atoms with van der Waals surface area (Å²) in [6, 6.07) is 3.47. The average molecular weight is 397 g/mol. The highest BCUT2D eigenvalue weighted by molar-refractivity contribution is 5.77. The summed E-state index contributed by atoms with van der Waals surface area (Å²) in [6.45, 7) is -2.27. The van der Waals surface area contributed by atoms with E-state index in [1.54, 1.807) is 0 Å². The summed E-state index contributed by atoms with van der Waals surface area (Å²) in [4.78, 5) is 12.2. The van der Waals surface area contributed by atoms with Crippen molar-refractivity contribution in [1.29, 1.82) is 0 Å². The SMILES string of the molecule is CC(O)(CC(=O)NC(COC(F)F)c1cccc(OC(F)(F)F)c1)C1CC1. The minimum absolute atomic E-state index is 0.0115. The molecule has 2 atom stereocenters. The Kier molecular flexibility index (Phi) is 6.63. The molecule has 1 saturated carbocycles. The molecule has 0 radical (unpaired) electrons. The van der Waals surface area contributed by atoms with Crippen LogP contribution in [0.5, 0.6) is 5.75 Å². The maximum absolute atomic E-state index is 12.4. The Labute approximate surface area is 152 Å². The minimum Gasteiger partial charge on any atom is -0.406 e. The fourth-order valence-corrected chi connectivity index (χ4v) is 2.74. The molecular weight excluding hydrogens is 377 g/mol. The van der Waals surface area contributed by atoms with Crippen molar-refractivity contribution in [2.24, 2.45) is 5.92 Å². The van der Waals surface area contributed by atoms with Gasteiger partial charge < -0.3 is 19.9 Å². The Morgan fingerprint density at radius 2 is 2.00 bits per heavy atom. The van der Waals surface area contributed by atoms with Gasteiger partial charge in [-0.1, -0.05) is 12.1 Å². The number of alkyl halides is 5. The molecule has 152 valence electrons. The first-order valence-corrected chi connectivity index (χ1v) is 8.23. The molecule has 0 bridgehead atoms. The highest BCUT2D eigenvalue weighted by Gasteiger charge is 2.41. The van der Waals surface area contributed by atoms with Crippen molar-refractivity contribution in [3.63, 3.8) is 0 Å². The molecule has 2 rings (SSSR count). The average Bonchev–Trinajstić information content (AvgIpc) is 3.34. The van der Waals surface area contributed by atoms with E-state index in [-0.39, 0.29) is 17.9 Å². The molecule has 1 aliphatic rings. The van der Waals surface area contributed by atoms with Gasteiger partial charge in [0.2, 0.25) is 5.91 Å². The zero-order valence-corrected chi connectivity index (χ0v) is 14.4. The third kappa shape index (κ3) is 7.30. The Hall–Kier alpha value is -1.94. The van der Waals surface area contributed by atoms with Crippen molar-refractivity contribution < 1.29 is 41.3 Å². The molecule has 1 aromatic rings. The van der Waals surface area contributed by atoms with Crippen LogP contribution in [0.15, 0.2) is 24.3 Å². The van der Waals surface area contributed by atoms with E-state index in [1.807, 2.05) is 0 Å². The molecule has 1 fully saturated rings. The van der Waals surface area contributed by atoms with Crippen molar-refractivity contribution in [3.05, 3.63) is 29.8 Å². The lowest BCUT2D eigenvalue weighted by atomic mass is 9.95. The molecule has 0 heterocycles. The van der Waals surface area contributed by atoms with Crippen LogP contribution in [0, 0.1) is 5.92 Å². The van der Waals surface area contributed by atoms with Crippen molar-refractivity contribution in [1.82, 2.24) is 5.32 Å². The Morgan fingerprint density at radius 1 is 1.33 bits per heavy atom. The van der Waals surface area contributed by atoms with Crippen molar-refractivity contribution in [2.75, 3.05) is 6.61 Å². The van der Waals surface area contributed by atoms with E-state index in [4.69, 9.17) is 0 Å². The first kappa shape index (κ1) is 21.4. The van der Waals surface area contributed by atoms with Crippen LogP contribution in [-0.2, 0) is 9.53 Å². The van der Waals surface area contributed by atoms with Gasteiger partial charge >= 0.3 is 13.0 Å². The minimum atomic E-state index is -4.92. The molecule has 10 heteroatoms. The number of amides is 1. The second-order valence-corrected chi connectivity index (χ2v) is 6.64. The highest BCUT2D eigenvalue weighted by atomic mass is 19.4. The predicted octanol–water partition coefficient (Wildman–Crippen LogP) is 3.53. The van der Waals surface area contributed by atoms with Gasteiger partial charge in [0.25, 0.3) is 0 Å². The summed E-state index contributed by atoms with van der Waals surface area (Å²) in [5.74, 6) is -1.19. The number of carbonyl (C=O) groups excluding carboxylic acids is 1. The number of rotatable bonds is 9. The number of hydrogen-bond donors (Lipinski definition) is 2. The smallest absolute Gasteiger partial charge is 0.406 e. The van der Waals surface area contributed by atoms with E-state index in [1.165, 1.54) is 19.1 Å². The first-order chi connectivity index (χ1) is 12.5. The number of hydrogen-bond acceptors (Lipinski definition) is 4. The number of benzene rings is 1. The second-order valence-electron chi connectivity index (χ2n) is 6.64. The molecule has 5 nitrogen and oxygen atoms in total. The molecule has 0 saturated heterocycles. The van der Waals surface area contributed by atoms with Crippen LogP contribution in [0.2, 0.25) is 0 Å². The van der Waals surface area contributed by atoms with Gasteiger partial charge in [0.15, 0.2) is 0 Å². The van der Waals surface area contributed by atoms with Crippen LogP contribution < -0.4 is 10.1 Å². The predicted molar refractivity (Wildman–Crippen MR) is 83.9 cm³/mol. The summed E-state index contributed by atoms with van der Waals surface area (Å²) in [7, 11) is 0. The van der Waals surface area contributed by atoms with Gasteiger partial charge in [0, 0.05) is 0 Å². The van der Waals surface area contributed by atoms with E-state index in [0.29, 0.717) is 0 Å². The standard InChI is InChI=1S/C17H20F5NO4/c1-16(25,11-5-6-11)8-14(24)23-13(9-26-15(18)19)10-3-2-4-12(7-10)27-17(20,21)22/h2-4,7,11,13,15,25H,5-6,8-9H2,1H3,(H,23,24). The maximum atomic E-state index is 12.4. The van der Waals surface area contributed by atoms with Gasteiger partial charge in [-0.2, -0.15) is 8.78 Å². The van der Waals surface area contributed by atoms with Crippen LogP contribution in [0.1, 0.15) is 37.8 Å². The molecular formula is C17H20F5NO4. The molecule has 1 aliphatic carbocycles. The van der Waals surface area contributed by atoms with Gasteiger partial charge in [0.1, 0.15) is 5.75 Å². The molecule has 2 N–H and O–H groups in total. The summed E-state index contributed by atoms with van der Waals surface area (Å²) in [5.41, 5.74) is -1.14. The topological polar surface area (TPSA) is 67.8 Å². The molecule has 1 amide bonds. The molecule has 27 heavy (non-hydrogen) atoms. The van der Waals surface area contributed by atoms with E-state index in [2.05, 4.69) is 14.8 Å². The van der Waals surface area contributed by atoms with Gasteiger partial charge in [-0.05, 0) is 43.4 Å². The lowest BCUT2D eigenvalue weighted by Gasteiger charge is -2.25. The maximum Gasteiger partial charge on any atom is 0.573 e. The second kappa shape index (κ2) is 8.39. The Bertz CT molecular complexity index is 646. The first-order valence-electron chi connectivity index (χ1n) is 8.23. The van der Waals surface area contributed by atoms with Crippen molar-refractivity contribution >= 4 is 5.91 Å². The molecule has 0 aliphatic heterocycles. The van der Waals surface area contributed by atoms with Crippen LogP contribution in [0.4, 0.5) is 22.0 Å². The fourth-order valence-electron chi connectivity index (χ4n) is 2.74. The number of aliphatic hydroxyl groups is 1. The zero-order valence-electron chi connectivity index (χ0n) is 14.4. The largest absolute Gasteiger partial charge is 0.573 e. The van der Waals surface area contributed by atoms with Crippen LogP contribution in [-0.4, -0.2) is 36.2 Å². The van der Waals surface area contributed by atoms with Gasteiger partial charge in [-0.25, -0.2) is 0 Å². The van der Waals surface area contributed by atoms with Crippen LogP contribution in [0.25, 0.3) is 0 Å². The summed E-state index contributed by atoms with van der Waals surface area (Å²) < 4.78 is 69.9. The monoisotopic (exact) mass is 397 g/mol. The van der Waals surface area contributed by atoms with Crippen LogP contribution in [0.3, 0.4) is 0 Å². The summed E-state index contributed by atoms with van der Waals surface area (Å²) in [5, 5.41) is 12.7. The van der Waals surface area contributed by atoms with Crippen LogP contribution >= 0.6 is 0 Å². The van der Waals surface area contributed by atoms with Gasteiger partial charge in [-0.3, -0.25) is 4.79 Å². The summed E-state index contributed by atoms with van der Waals surface area (Å²) in [6.07, 6.45) is -3.61. The van der Waals surface area contributed by atoms with E-state index < -0.39 is 42.9 Å². The number of nitrogens with one attached hydrogen (secondary N) is 1. The highest BCUT2D eigenvalue weighted by Crippen LogP contribution is 2.41. The number of ether oxygens (including phenoxy) is 2. The third-order valence-corrected chi connectivity index (χ3v) is 4.19. The zero-order chi connectivity index (χ0) is 20.2. The van der Waals surface area contributed by atoms with Gasteiger partial charge in [-0.15, -0.1) is 13.2 Å².